The van der Waals surface area contributed by atoms with E-state index in [9.17, 15) is 9.59 Å². The molecule has 4 nitrogen and oxygen atoms in total. The Morgan fingerprint density at radius 3 is 2.70 bits per heavy atom. The van der Waals surface area contributed by atoms with E-state index in [1.54, 1.807) is 13.1 Å². The maximum Gasteiger partial charge on any atom is 0.343 e. The first-order chi connectivity index (χ1) is 11.1. The molecule has 4 heteroatoms. The van der Waals surface area contributed by atoms with Crippen LogP contribution in [0.25, 0.3) is 10.9 Å². The molecule has 122 valence electrons. The van der Waals surface area contributed by atoms with Crippen molar-refractivity contribution >= 4 is 16.9 Å². The van der Waals surface area contributed by atoms with Crippen LogP contribution in [0, 0.1) is 0 Å². The van der Waals surface area contributed by atoms with E-state index in [-0.39, 0.29) is 17.6 Å². The second-order valence-electron chi connectivity index (χ2n) is 6.31. The first-order valence-electron chi connectivity index (χ1n) is 8.42. The third kappa shape index (κ3) is 3.03. The highest BCUT2D eigenvalue weighted by Gasteiger charge is 2.19. The molecule has 23 heavy (non-hydrogen) atoms. The summed E-state index contributed by atoms with van der Waals surface area (Å²) in [5.41, 5.74) is 1.95. The molecule has 0 N–H and O–H groups in total. The van der Waals surface area contributed by atoms with Gasteiger partial charge in [0.25, 0.3) is 0 Å². The molecular weight excluding hydrogens is 290 g/mol. The molecule has 2 aromatic rings. The quantitative estimate of drug-likeness (QED) is 0.811. The highest BCUT2D eigenvalue weighted by molar-refractivity contribution is 5.93. The van der Waals surface area contributed by atoms with Crippen molar-refractivity contribution in [1.29, 1.82) is 0 Å². The predicted molar refractivity (Wildman–Crippen MR) is 91.0 cm³/mol. The predicted octanol–water partition coefficient (Wildman–Crippen LogP) is 3.76. The van der Waals surface area contributed by atoms with Crippen LogP contribution in [0.3, 0.4) is 0 Å². The number of esters is 1. The summed E-state index contributed by atoms with van der Waals surface area (Å²) in [5, 5.41) is 0.612. The summed E-state index contributed by atoms with van der Waals surface area (Å²) in [6.45, 7) is 2.01. The first kappa shape index (κ1) is 15.8. The monoisotopic (exact) mass is 313 g/mol. The molecule has 0 unspecified atom stereocenters. The standard InChI is InChI=1S/C19H23NO3/c1-3-23-19(22)16-12-20(2)17-10-9-14(11-15(17)18(16)21)13-7-5-4-6-8-13/h9-13H,3-8H2,1-2H3. The van der Waals surface area contributed by atoms with Crippen molar-refractivity contribution in [2.75, 3.05) is 6.61 Å². The summed E-state index contributed by atoms with van der Waals surface area (Å²) in [7, 11) is 1.85. The zero-order chi connectivity index (χ0) is 16.4. The summed E-state index contributed by atoms with van der Waals surface area (Å²) in [4.78, 5) is 24.7. The van der Waals surface area contributed by atoms with Crippen LogP contribution in [0.4, 0.5) is 0 Å². The summed E-state index contributed by atoms with van der Waals surface area (Å²) in [6, 6.07) is 6.10. The van der Waals surface area contributed by atoms with Gasteiger partial charge in [0, 0.05) is 18.6 Å². The lowest BCUT2D eigenvalue weighted by Crippen LogP contribution is -2.20. The fraction of sp³-hybridized carbons (Fsp3) is 0.474. The van der Waals surface area contributed by atoms with E-state index in [2.05, 4.69) is 6.07 Å². The van der Waals surface area contributed by atoms with Crippen LogP contribution in [-0.2, 0) is 11.8 Å². The number of rotatable bonds is 3. The molecule has 1 aliphatic rings. The molecule has 0 amide bonds. The summed E-state index contributed by atoms with van der Waals surface area (Å²) >= 11 is 0. The van der Waals surface area contributed by atoms with Crippen molar-refractivity contribution < 1.29 is 9.53 Å². The third-order valence-corrected chi connectivity index (χ3v) is 4.78. The van der Waals surface area contributed by atoms with Crippen LogP contribution in [0.2, 0.25) is 0 Å². The number of ether oxygens (including phenoxy) is 1. The van der Waals surface area contributed by atoms with Gasteiger partial charge in [-0.25, -0.2) is 4.79 Å². The van der Waals surface area contributed by atoms with Gasteiger partial charge in [-0.05, 0) is 43.4 Å². The second-order valence-corrected chi connectivity index (χ2v) is 6.31. The number of fused-ring (bicyclic) bond motifs is 1. The van der Waals surface area contributed by atoms with Gasteiger partial charge >= 0.3 is 5.97 Å². The zero-order valence-electron chi connectivity index (χ0n) is 13.8. The van der Waals surface area contributed by atoms with Gasteiger partial charge in [0.1, 0.15) is 5.56 Å². The average Bonchev–Trinajstić information content (AvgIpc) is 2.58. The molecule has 0 aliphatic heterocycles. The molecule has 0 atom stereocenters. The summed E-state index contributed by atoms with van der Waals surface area (Å²) in [6.07, 6.45) is 7.75. The number of benzene rings is 1. The molecule has 3 rings (SSSR count). The van der Waals surface area contributed by atoms with Crippen LogP contribution in [-0.4, -0.2) is 17.1 Å². The minimum atomic E-state index is -0.543. The largest absolute Gasteiger partial charge is 0.462 e. The molecule has 0 radical (unpaired) electrons. The molecular formula is C19H23NO3. The summed E-state index contributed by atoms with van der Waals surface area (Å²) < 4.78 is 6.83. The molecule has 0 saturated heterocycles. The van der Waals surface area contributed by atoms with E-state index in [1.807, 2.05) is 23.7 Å². The second kappa shape index (κ2) is 6.57. The highest BCUT2D eigenvalue weighted by atomic mass is 16.5. The van der Waals surface area contributed by atoms with Crippen molar-refractivity contribution in [3.63, 3.8) is 0 Å². The van der Waals surface area contributed by atoms with Gasteiger partial charge in [0.05, 0.1) is 12.1 Å². The topological polar surface area (TPSA) is 48.3 Å². The molecule has 1 aliphatic carbocycles. The number of carbonyl (C=O) groups excluding carboxylic acids is 1. The van der Waals surface area contributed by atoms with Crippen LogP contribution < -0.4 is 5.43 Å². The van der Waals surface area contributed by atoms with E-state index < -0.39 is 5.97 Å². The molecule has 1 aromatic heterocycles. The Labute approximate surface area is 136 Å². The Morgan fingerprint density at radius 2 is 2.00 bits per heavy atom. The van der Waals surface area contributed by atoms with Crippen LogP contribution in [0.5, 0.6) is 0 Å². The van der Waals surface area contributed by atoms with Gasteiger partial charge < -0.3 is 9.30 Å². The number of aryl methyl sites for hydroxylation is 1. The minimum Gasteiger partial charge on any atom is -0.462 e. The minimum absolute atomic E-state index is 0.114. The van der Waals surface area contributed by atoms with Crippen molar-refractivity contribution in [1.82, 2.24) is 4.57 Å². The van der Waals surface area contributed by atoms with Gasteiger partial charge in [-0.15, -0.1) is 0 Å². The zero-order valence-corrected chi connectivity index (χ0v) is 13.8. The van der Waals surface area contributed by atoms with Crippen molar-refractivity contribution in [3.05, 3.63) is 45.7 Å². The van der Waals surface area contributed by atoms with Crippen LogP contribution in [0.1, 0.15) is 60.9 Å². The van der Waals surface area contributed by atoms with Gasteiger partial charge in [0.2, 0.25) is 5.43 Å². The molecule has 1 saturated carbocycles. The third-order valence-electron chi connectivity index (χ3n) is 4.78. The van der Waals surface area contributed by atoms with Gasteiger partial charge in [-0.2, -0.15) is 0 Å². The first-order valence-corrected chi connectivity index (χ1v) is 8.42. The van der Waals surface area contributed by atoms with Gasteiger partial charge in [0.15, 0.2) is 0 Å². The summed E-state index contributed by atoms with van der Waals surface area (Å²) in [5.74, 6) is -0.0119. The molecule has 1 aromatic carbocycles. The SMILES string of the molecule is CCOC(=O)c1cn(C)c2ccc(C3CCCCC3)cc2c1=O. The maximum atomic E-state index is 12.7. The Morgan fingerprint density at radius 1 is 1.26 bits per heavy atom. The van der Waals surface area contributed by atoms with E-state index in [1.165, 1.54) is 37.7 Å². The lowest BCUT2D eigenvalue weighted by Gasteiger charge is -2.22. The molecule has 0 bridgehead atoms. The maximum absolute atomic E-state index is 12.7. The Bertz CT molecular complexity index is 785. The number of pyridine rings is 1. The Balaban J connectivity index is 2.10. The van der Waals surface area contributed by atoms with E-state index in [0.717, 1.165) is 5.52 Å². The number of aromatic nitrogens is 1. The van der Waals surface area contributed by atoms with E-state index in [4.69, 9.17) is 4.74 Å². The lowest BCUT2D eigenvalue weighted by atomic mass is 9.83. The lowest BCUT2D eigenvalue weighted by molar-refractivity contribution is 0.0524. The van der Waals surface area contributed by atoms with Crippen LogP contribution >= 0.6 is 0 Å². The Hall–Kier alpha value is -2.10. The Kier molecular flexibility index (Phi) is 4.51. The highest BCUT2D eigenvalue weighted by Crippen LogP contribution is 2.33. The van der Waals surface area contributed by atoms with Crippen LogP contribution in [0.15, 0.2) is 29.2 Å². The van der Waals surface area contributed by atoms with E-state index in [0.29, 0.717) is 11.3 Å². The number of nitrogens with zero attached hydrogens (tertiary/aromatic N) is 1. The molecule has 0 spiro atoms. The smallest absolute Gasteiger partial charge is 0.343 e. The molecule has 1 heterocycles. The number of carbonyl (C=O) groups is 1. The molecule has 1 fully saturated rings. The fourth-order valence-corrected chi connectivity index (χ4v) is 3.55. The van der Waals surface area contributed by atoms with Gasteiger partial charge in [-0.1, -0.05) is 25.3 Å². The normalized spacial score (nSPS) is 15.7. The van der Waals surface area contributed by atoms with Crippen molar-refractivity contribution in [2.45, 2.75) is 44.9 Å². The van der Waals surface area contributed by atoms with Gasteiger partial charge in [-0.3, -0.25) is 4.79 Å². The number of hydrogen-bond acceptors (Lipinski definition) is 3. The van der Waals surface area contributed by atoms with Crippen molar-refractivity contribution in [2.24, 2.45) is 7.05 Å². The number of hydrogen-bond donors (Lipinski definition) is 0. The average molecular weight is 313 g/mol. The van der Waals surface area contributed by atoms with Crippen molar-refractivity contribution in [3.8, 4) is 0 Å². The van der Waals surface area contributed by atoms with E-state index >= 15 is 0 Å². The fourth-order valence-electron chi connectivity index (χ4n) is 3.55.